The maximum Gasteiger partial charge on any atom is 0.119 e. The number of hydrogen-bond acceptors (Lipinski definition) is 2. The number of hydrogen-bond donors (Lipinski definition) is 1. The fourth-order valence-electron chi connectivity index (χ4n) is 2.07. The molecule has 0 heterocycles. The van der Waals surface area contributed by atoms with Gasteiger partial charge in [0, 0.05) is 6.04 Å². The van der Waals surface area contributed by atoms with Crippen molar-refractivity contribution in [1.82, 2.24) is 0 Å². The largest absolute Gasteiger partial charge is 0.497 e. The molecule has 0 aromatic heterocycles. The third-order valence-corrected chi connectivity index (χ3v) is 2.99. The van der Waals surface area contributed by atoms with Crippen LogP contribution in [0.5, 0.6) is 5.75 Å². The second-order valence-electron chi connectivity index (χ2n) is 4.61. The zero-order valence-electron chi connectivity index (χ0n) is 10.8. The van der Waals surface area contributed by atoms with Gasteiger partial charge in [0.1, 0.15) is 5.75 Å². The second kappa shape index (κ2) is 5.90. The van der Waals surface area contributed by atoms with Crippen LogP contribution < -0.4 is 10.5 Å². The lowest BCUT2D eigenvalue weighted by atomic mass is 9.96. The lowest BCUT2D eigenvalue weighted by molar-refractivity contribution is 0.414. The third kappa shape index (κ3) is 3.53. The van der Waals surface area contributed by atoms with Gasteiger partial charge in [0.2, 0.25) is 0 Å². The summed E-state index contributed by atoms with van der Waals surface area (Å²) in [5.74, 6) is 0.950. The minimum Gasteiger partial charge on any atom is -0.497 e. The van der Waals surface area contributed by atoms with E-state index >= 15 is 0 Å². The minimum absolute atomic E-state index is 0.305. The van der Waals surface area contributed by atoms with E-state index in [1.165, 1.54) is 16.7 Å². The summed E-state index contributed by atoms with van der Waals surface area (Å²) in [6.45, 7) is 6.36. The van der Waals surface area contributed by atoms with E-state index < -0.39 is 0 Å². The van der Waals surface area contributed by atoms with E-state index in [1.54, 1.807) is 7.11 Å². The van der Waals surface area contributed by atoms with Crippen molar-refractivity contribution >= 4 is 0 Å². The summed E-state index contributed by atoms with van der Waals surface area (Å²) in [5.41, 5.74) is 9.85. The molecule has 0 aliphatic heterocycles. The van der Waals surface area contributed by atoms with Crippen LogP contribution in [0.25, 0.3) is 0 Å². The highest BCUT2D eigenvalue weighted by atomic mass is 16.5. The van der Waals surface area contributed by atoms with Crippen molar-refractivity contribution in [1.29, 1.82) is 0 Å². The molecule has 0 spiro atoms. The molecule has 0 bridgehead atoms. The van der Waals surface area contributed by atoms with Gasteiger partial charge in [-0.2, -0.15) is 0 Å². The number of nitrogens with two attached hydrogens (primary N) is 1. The molecule has 0 fully saturated rings. The van der Waals surface area contributed by atoms with Gasteiger partial charge in [0.15, 0.2) is 0 Å². The zero-order valence-corrected chi connectivity index (χ0v) is 10.8. The van der Waals surface area contributed by atoms with Crippen molar-refractivity contribution < 1.29 is 4.74 Å². The molecule has 1 aromatic rings. The Hall–Kier alpha value is -1.02. The standard InChI is InChI=1S/C14H23NO/c1-10-8-13(16-4)9-11(2)14(10)7-5-6-12(3)15/h8-9,12H,5-7,15H2,1-4H3. The molecule has 0 saturated carbocycles. The average Bonchev–Trinajstić information content (AvgIpc) is 2.21. The van der Waals surface area contributed by atoms with Gasteiger partial charge in [-0.25, -0.2) is 0 Å². The van der Waals surface area contributed by atoms with Crippen LogP contribution in [0.3, 0.4) is 0 Å². The van der Waals surface area contributed by atoms with Crippen LogP contribution in [0.2, 0.25) is 0 Å². The normalized spacial score (nSPS) is 12.6. The van der Waals surface area contributed by atoms with Gasteiger partial charge >= 0.3 is 0 Å². The van der Waals surface area contributed by atoms with Gasteiger partial charge in [-0.15, -0.1) is 0 Å². The number of rotatable bonds is 5. The summed E-state index contributed by atoms with van der Waals surface area (Å²) in [6.07, 6.45) is 3.36. The summed E-state index contributed by atoms with van der Waals surface area (Å²) in [6, 6.07) is 4.52. The Kier molecular flexibility index (Phi) is 4.81. The molecule has 2 nitrogen and oxygen atoms in total. The monoisotopic (exact) mass is 221 g/mol. The first-order chi connectivity index (χ1) is 7.54. The summed E-state index contributed by atoms with van der Waals surface area (Å²) in [7, 11) is 1.71. The van der Waals surface area contributed by atoms with Gasteiger partial charge in [-0.3, -0.25) is 0 Å². The molecule has 0 aliphatic rings. The molecule has 0 radical (unpaired) electrons. The van der Waals surface area contributed by atoms with E-state index in [2.05, 4.69) is 32.9 Å². The molecule has 1 atom stereocenters. The van der Waals surface area contributed by atoms with Gasteiger partial charge in [0.25, 0.3) is 0 Å². The van der Waals surface area contributed by atoms with Crippen LogP contribution in [-0.4, -0.2) is 13.2 Å². The van der Waals surface area contributed by atoms with Gasteiger partial charge in [0.05, 0.1) is 7.11 Å². The highest BCUT2D eigenvalue weighted by Gasteiger charge is 2.05. The quantitative estimate of drug-likeness (QED) is 0.829. The smallest absolute Gasteiger partial charge is 0.119 e. The predicted molar refractivity (Wildman–Crippen MR) is 69.1 cm³/mol. The van der Waals surface area contributed by atoms with Crippen LogP contribution >= 0.6 is 0 Å². The van der Waals surface area contributed by atoms with Crippen molar-refractivity contribution in [3.05, 3.63) is 28.8 Å². The Balaban J connectivity index is 2.72. The fraction of sp³-hybridized carbons (Fsp3) is 0.571. The molecule has 0 amide bonds. The number of aryl methyl sites for hydroxylation is 2. The number of benzene rings is 1. The highest BCUT2D eigenvalue weighted by Crippen LogP contribution is 2.23. The Morgan fingerprint density at radius 3 is 2.25 bits per heavy atom. The van der Waals surface area contributed by atoms with E-state index in [4.69, 9.17) is 10.5 Å². The van der Waals surface area contributed by atoms with E-state index in [0.717, 1.165) is 25.0 Å². The molecule has 0 saturated heterocycles. The second-order valence-corrected chi connectivity index (χ2v) is 4.61. The third-order valence-electron chi connectivity index (χ3n) is 2.99. The summed E-state index contributed by atoms with van der Waals surface area (Å²) in [4.78, 5) is 0. The van der Waals surface area contributed by atoms with Gasteiger partial charge < -0.3 is 10.5 Å². The lowest BCUT2D eigenvalue weighted by Gasteiger charge is -2.12. The molecule has 2 N–H and O–H groups in total. The van der Waals surface area contributed by atoms with Crippen molar-refractivity contribution in [3.63, 3.8) is 0 Å². The summed E-state index contributed by atoms with van der Waals surface area (Å²) < 4.78 is 5.25. The fourth-order valence-corrected chi connectivity index (χ4v) is 2.07. The molecule has 2 heteroatoms. The SMILES string of the molecule is COc1cc(C)c(CCCC(C)N)c(C)c1. The molecule has 1 unspecified atom stereocenters. The Labute approximate surface area is 98.8 Å². The van der Waals surface area contributed by atoms with Crippen LogP contribution in [0.1, 0.15) is 36.5 Å². The average molecular weight is 221 g/mol. The van der Waals surface area contributed by atoms with Crippen LogP contribution in [0.15, 0.2) is 12.1 Å². The van der Waals surface area contributed by atoms with E-state index in [9.17, 15) is 0 Å². The summed E-state index contributed by atoms with van der Waals surface area (Å²) in [5, 5.41) is 0. The number of ether oxygens (including phenoxy) is 1. The van der Waals surface area contributed by atoms with Crippen molar-refractivity contribution in [2.24, 2.45) is 5.73 Å². The Morgan fingerprint density at radius 2 is 1.81 bits per heavy atom. The minimum atomic E-state index is 0.305. The molecular weight excluding hydrogens is 198 g/mol. The van der Waals surface area contributed by atoms with E-state index in [0.29, 0.717) is 6.04 Å². The van der Waals surface area contributed by atoms with Gasteiger partial charge in [-0.05, 0) is 68.9 Å². The highest BCUT2D eigenvalue weighted by molar-refractivity contribution is 5.41. The molecular formula is C14H23NO. The topological polar surface area (TPSA) is 35.2 Å². The maximum atomic E-state index is 5.76. The van der Waals surface area contributed by atoms with Crippen molar-refractivity contribution in [2.45, 2.75) is 46.1 Å². The van der Waals surface area contributed by atoms with E-state index in [-0.39, 0.29) is 0 Å². The lowest BCUT2D eigenvalue weighted by Crippen LogP contribution is -2.14. The predicted octanol–water partition coefficient (Wildman–Crippen LogP) is 2.98. The molecule has 16 heavy (non-hydrogen) atoms. The first-order valence-corrected chi connectivity index (χ1v) is 5.94. The van der Waals surface area contributed by atoms with Crippen molar-refractivity contribution in [2.75, 3.05) is 7.11 Å². The van der Waals surface area contributed by atoms with Crippen LogP contribution in [0.4, 0.5) is 0 Å². The Morgan fingerprint density at radius 1 is 1.25 bits per heavy atom. The first-order valence-electron chi connectivity index (χ1n) is 5.94. The van der Waals surface area contributed by atoms with E-state index in [1.807, 2.05) is 0 Å². The Bertz CT molecular complexity index is 322. The number of methoxy groups -OCH3 is 1. The molecule has 1 aromatic carbocycles. The first kappa shape index (κ1) is 13.0. The molecule has 1 rings (SSSR count). The molecule has 0 aliphatic carbocycles. The van der Waals surface area contributed by atoms with Gasteiger partial charge in [-0.1, -0.05) is 0 Å². The zero-order chi connectivity index (χ0) is 12.1. The van der Waals surface area contributed by atoms with Crippen LogP contribution in [0, 0.1) is 13.8 Å². The summed E-state index contributed by atoms with van der Waals surface area (Å²) >= 11 is 0. The molecule has 90 valence electrons. The van der Waals surface area contributed by atoms with Crippen molar-refractivity contribution in [3.8, 4) is 5.75 Å². The maximum absolute atomic E-state index is 5.76. The van der Waals surface area contributed by atoms with Crippen LogP contribution in [-0.2, 0) is 6.42 Å².